The monoisotopic (exact) mass is 328 g/mol. The Labute approximate surface area is 149 Å². The van der Waals surface area contributed by atoms with Crippen LogP contribution < -0.4 is 0 Å². The Hall–Kier alpha value is -2.53. The fourth-order valence-corrected chi connectivity index (χ4v) is 4.62. The summed E-state index contributed by atoms with van der Waals surface area (Å²) < 4.78 is 2.44. The van der Waals surface area contributed by atoms with Gasteiger partial charge in [-0.2, -0.15) is 5.26 Å². The van der Waals surface area contributed by atoms with Crippen molar-refractivity contribution in [1.82, 2.24) is 4.57 Å². The maximum atomic E-state index is 9.20. The van der Waals surface area contributed by atoms with E-state index in [0.717, 1.165) is 6.54 Å². The molecule has 0 spiro atoms. The van der Waals surface area contributed by atoms with Gasteiger partial charge in [-0.05, 0) is 41.4 Å². The van der Waals surface area contributed by atoms with Gasteiger partial charge in [0.15, 0.2) is 0 Å². The van der Waals surface area contributed by atoms with Crippen molar-refractivity contribution in [2.75, 3.05) is 0 Å². The van der Waals surface area contributed by atoms with Crippen molar-refractivity contribution >= 4 is 10.9 Å². The van der Waals surface area contributed by atoms with Crippen LogP contribution in [0.1, 0.15) is 43.0 Å². The topological polar surface area (TPSA) is 28.7 Å². The van der Waals surface area contributed by atoms with Crippen LogP contribution in [-0.4, -0.2) is 4.57 Å². The fraction of sp³-hybridized carbons (Fsp3) is 0.348. The van der Waals surface area contributed by atoms with E-state index in [1.54, 1.807) is 0 Å². The summed E-state index contributed by atoms with van der Waals surface area (Å²) in [5.41, 5.74) is 5.64. The lowest BCUT2D eigenvalue weighted by Crippen LogP contribution is -2.02. The minimum atomic E-state index is 0.211. The highest BCUT2D eigenvalue weighted by molar-refractivity contribution is 5.87. The number of fused-ring (bicyclic) bond motifs is 1. The molecule has 3 aromatic rings. The van der Waals surface area contributed by atoms with E-state index >= 15 is 0 Å². The molecular formula is C23H24N2. The van der Waals surface area contributed by atoms with E-state index in [1.165, 1.54) is 27.7 Å². The lowest BCUT2D eigenvalue weighted by Gasteiger charge is -2.09. The van der Waals surface area contributed by atoms with E-state index in [9.17, 15) is 5.26 Å². The van der Waals surface area contributed by atoms with Crippen molar-refractivity contribution in [1.29, 1.82) is 5.26 Å². The van der Waals surface area contributed by atoms with Crippen LogP contribution in [0.5, 0.6) is 0 Å². The number of nitrogens with zero attached hydrogens (tertiary/aromatic N) is 2. The van der Waals surface area contributed by atoms with Crippen LogP contribution in [0.25, 0.3) is 10.9 Å². The van der Waals surface area contributed by atoms with Crippen LogP contribution in [0.15, 0.2) is 54.6 Å². The summed E-state index contributed by atoms with van der Waals surface area (Å²) >= 11 is 0. The molecule has 2 nitrogen and oxygen atoms in total. The van der Waals surface area contributed by atoms with Crippen LogP contribution in [0.2, 0.25) is 0 Å². The Morgan fingerprint density at radius 2 is 1.72 bits per heavy atom. The molecule has 2 unspecified atom stereocenters. The quantitative estimate of drug-likeness (QED) is 0.608. The molecule has 0 N–H and O–H groups in total. The summed E-state index contributed by atoms with van der Waals surface area (Å²) in [5.74, 6) is 0.946. The van der Waals surface area contributed by atoms with Gasteiger partial charge in [-0.1, -0.05) is 62.4 Å². The first-order valence-corrected chi connectivity index (χ1v) is 9.04. The number of nitriles is 1. The largest absolute Gasteiger partial charge is 0.340 e. The van der Waals surface area contributed by atoms with Crippen LogP contribution in [-0.2, 0) is 6.54 Å². The normalized spacial score (nSPS) is 21.2. The van der Waals surface area contributed by atoms with E-state index in [1.807, 2.05) is 0 Å². The van der Waals surface area contributed by atoms with Crippen molar-refractivity contribution in [2.24, 2.45) is 11.3 Å². The van der Waals surface area contributed by atoms with Crippen molar-refractivity contribution in [3.8, 4) is 6.07 Å². The molecule has 2 heteroatoms. The third kappa shape index (κ3) is 2.46. The molecule has 0 aliphatic heterocycles. The van der Waals surface area contributed by atoms with E-state index in [-0.39, 0.29) is 5.41 Å². The first-order chi connectivity index (χ1) is 12.1. The zero-order chi connectivity index (χ0) is 17.6. The zero-order valence-corrected chi connectivity index (χ0v) is 15.2. The van der Waals surface area contributed by atoms with Gasteiger partial charge in [0, 0.05) is 29.6 Å². The van der Waals surface area contributed by atoms with Crippen molar-refractivity contribution in [3.05, 3.63) is 71.4 Å². The third-order valence-corrected chi connectivity index (χ3v) is 6.14. The molecule has 25 heavy (non-hydrogen) atoms. The minimum absolute atomic E-state index is 0.211. The predicted octanol–water partition coefficient (Wildman–Crippen LogP) is 5.65. The summed E-state index contributed by atoms with van der Waals surface area (Å²) in [6.45, 7) is 7.75. The average Bonchev–Trinajstić information content (AvgIpc) is 3.02. The maximum absolute atomic E-state index is 9.20. The molecule has 2 atom stereocenters. The van der Waals surface area contributed by atoms with Gasteiger partial charge in [0.05, 0.1) is 6.07 Å². The van der Waals surface area contributed by atoms with Gasteiger partial charge in [0.25, 0.3) is 0 Å². The Bertz CT molecular complexity index is 957. The zero-order valence-electron chi connectivity index (χ0n) is 15.2. The number of hydrogen-bond donors (Lipinski definition) is 0. The Kier molecular flexibility index (Phi) is 3.69. The molecule has 0 amide bonds. The molecule has 126 valence electrons. The third-order valence-electron chi connectivity index (χ3n) is 6.14. The molecule has 1 aromatic heterocycles. The fourth-order valence-electron chi connectivity index (χ4n) is 4.62. The van der Waals surface area contributed by atoms with Gasteiger partial charge in [0.2, 0.25) is 0 Å². The standard InChI is InChI=1S/C23H24N2/c1-16-21(22-19(13-14-24)23(22,2)3)18-11-7-8-12-20(18)25(16)15-17-9-5-4-6-10-17/h4-12,19,22H,13,15H2,1-3H3. The van der Waals surface area contributed by atoms with Gasteiger partial charge in [-0.15, -0.1) is 0 Å². The first-order valence-electron chi connectivity index (χ1n) is 9.04. The second-order valence-electron chi connectivity index (χ2n) is 7.86. The molecule has 1 aliphatic carbocycles. The van der Waals surface area contributed by atoms with E-state index in [2.05, 4.69) is 86.0 Å². The summed E-state index contributed by atoms with van der Waals surface area (Å²) in [5, 5.41) is 10.6. The molecule has 0 radical (unpaired) electrons. The summed E-state index contributed by atoms with van der Waals surface area (Å²) in [4.78, 5) is 0. The number of aromatic nitrogens is 1. The van der Waals surface area contributed by atoms with E-state index in [4.69, 9.17) is 0 Å². The molecule has 1 aliphatic rings. The van der Waals surface area contributed by atoms with Crippen LogP contribution >= 0.6 is 0 Å². The number of hydrogen-bond acceptors (Lipinski definition) is 1. The molecule has 0 bridgehead atoms. The number of benzene rings is 2. The Morgan fingerprint density at radius 1 is 1.04 bits per heavy atom. The highest BCUT2D eigenvalue weighted by Crippen LogP contribution is 2.67. The maximum Gasteiger partial charge on any atom is 0.0625 e. The Balaban J connectivity index is 1.84. The van der Waals surface area contributed by atoms with Gasteiger partial charge >= 0.3 is 0 Å². The highest BCUT2D eigenvalue weighted by atomic mass is 15.0. The van der Waals surface area contributed by atoms with Crippen molar-refractivity contribution < 1.29 is 0 Å². The Morgan fingerprint density at radius 3 is 2.44 bits per heavy atom. The smallest absolute Gasteiger partial charge is 0.0625 e. The molecule has 1 heterocycles. The van der Waals surface area contributed by atoms with Gasteiger partial charge in [-0.3, -0.25) is 0 Å². The van der Waals surface area contributed by atoms with Crippen LogP contribution in [0.4, 0.5) is 0 Å². The van der Waals surface area contributed by atoms with Gasteiger partial charge in [0.1, 0.15) is 0 Å². The van der Waals surface area contributed by atoms with Crippen LogP contribution in [0, 0.1) is 29.6 Å². The summed E-state index contributed by atoms with van der Waals surface area (Å²) in [6, 6.07) is 21.8. The molecule has 0 saturated heterocycles. The number of rotatable bonds is 4. The summed E-state index contributed by atoms with van der Waals surface area (Å²) in [6.07, 6.45) is 0.648. The van der Waals surface area contributed by atoms with Crippen LogP contribution in [0.3, 0.4) is 0 Å². The first kappa shape index (κ1) is 16.0. The van der Waals surface area contributed by atoms with Gasteiger partial charge < -0.3 is 4.57 Å². The molecule has 4 rings (SSSR count). The second-order valence-corrected chi connectivity index (χ2v) is 7.86. The molecule has 1 saturated carbocycles. The van der Waals surface area contributed by atoms with Gasteiger partial charge in [-0.25, -0.2) is 0 Å². The molecule has 1 fully saturated rings. The lowest BCUT2D eigenvalue weighted by molar-refractivity contribution is 0.559. The minimum Gasteiger partial charge on any atom is -0.340 e. The highest BCUT2D eigenvalue weighted by Gasteiger charge is 2.59. The SMILES string of the molecule is Cc1c(C2C(CC#N)C2(C)C)c2ccccc2n1Cc1ccccc1. The molecule has 2 aromatic carbocycles. The second kappa shape index (κ2) is 5.77. The lowest BCUT2D eigenvalue weighted by atomic mass is 10.0. The number of para-hydroxylation sites is 1. The van der Waals surface area contributed by atoms with Crippen molar-refractivity contribution in [3.63, 3.8) is 0 Å². The average molecular weight is 328 g/mol. The van der Waals surface area contributed by atoms with Crippen molar-refractivity contribution in [2.45, 2.75) is 39.7 Å². The predicted molar refractivity (Wildman–Crippen MR) is 102 cm³/mol. The molecular weight excluding hydrogens is 304 g/mol. The van der Waals surface area contributed by atoms with E-state index < -0.39 is 0 Å². The summed E-state index contributed by atoms with van der Waals surface area (Å²) in [7, 11) is 0. The van der Waals surface area contributed by atoms with E-state index in [0.29, 0.717) is 18.3 Å².